The van der Waals surface area contributed by atoms with Crippen LogP contribution in [0.5, 0.6) is 0 Å². The fraction of sp³-hybridized carbons (Fsp3) is 0. The van der Waals surface area contributed by atoms with Crippen LogP contribution in [0.25, 0.3) is 0 Å². The first kappa shape index (κ1) is 41.2. The Morgan fingerprint density at radius 2 is 1.25 bits per heavy atom. The van der Waals surface area contributed by atoms with Crippen LogP contribution in [0.2, 0.25) is 0 Å². The van der Waals surface area contributed by atoms with Gasteiger partial charge >= 0.3 is 18.9 Å². The Balaban J connectivity index is 0. The maximum absolute atomic E-state index is 0. The molecule has 0 unspecified atom stereocenters. The van der Waals surface area contributed by atoms with E-state index in [1.165, 1.54) is 0 Å². The summed E-state index contributed by atoms with van der Waals surface area (Å²) in [6, 6.07) is 0. The molecule has 27 valence electrons. The predicted molar refractivity (Wildman–Crippen MR) is 13.6 cm³/mol. The third-order valence-electron chi connectivity index (χ3n) is 0. The summed E-state index contributed by atoms with van der Waals surface area (Å²) in [6.07, 6.45) is 0. The van der Waals surface area contributed by atoms with Crippen LogP contribution in [0.15, 0.2) is 0 Å². The molecule has 0 rings (SSSR count). The second-order valence-corrected chi connectivity index (χ2v) is 0. The van der Waals surface area contributed by atoms with Crippen molar-refractivity contribution >= 4 is 17.4 Å². The number of rotatable bonds is 0. The van der Waals surface area contributed by atoms with E-state index in [1.807, 2.05) is 0 Å². The van der Waals surface area contributed by atoms with E-state index in [0.717, 1.165) is 0 Å². The van der Waals surface area contributed by atoms with Gasteiger partial charge < -0.3 is 1.43 Å². The smallest absolute Gasteiger partial charge is 1.00 e. The Labute approximate surface area is 64.4 Å². The second-order valence-electron chi connectivity index (χ2n) is 0. The van der Waals surface area contributed by atoms with E-state index >= 15 is 0 Å². The zero-order valence-corrected chi connectivity index (χ0v) is 3.19. The Morgan fingerprint density at radius 1 is 1.25 bits per heavy atom. The standard InChI is InChI=1S/Ag.Al.FH.Li.4H/h;;1H;;;;;/q;;;+1;;;;-1. The predicted octanol–water partition coefficient (Wildman–Crippen LogP) is -3.92. The molecule has 0 aliphatic heterocycles. The first-order valence-corrected chi connectivity index (χ1v) is 0. The zero-order chi connectivity index (χ0) is 0. The van der Waals surface area contributed by atoms with E-state index < -0.39 is 0 Å². The topological polar surface area (TPSA) is 0 Å². The Hall–Kier alpha value is 1.80. The molecule has 0 heterocycles. The van der Waals surface area contributed by atoms with Gasteiger partial charge in [0.1, 0.15) is 0 Å². The van der Waals surface area contributed by atoms with Gasteiger partial charge in [0.2, 0.25) is 0 Å². The molecule has 4 heteroatoms. The van der Waals surface area contributed by atoms with Gasteiger partial charge in [-0.3, -0.25) is 4.70 Å². The van der Waals surface area contributed by atoms with Crippen molar-refractivity contribution in [3.05, 3.63) is 0 Å². The molecule has 0 bridgehead atoms. The Bertz CT molecular complexity index is 11.6. The molecule has 0 aliphatic rings. The summed E-state index contributed by atoms with van der Waals surface area (Å²) in [7, 11) is 0. The summed E-state index contributed by atoms with van der Waals surface area (Å²) in [6.45, 7) is 0. The fourth-order valence-electron chi connectivity index (χ4n) is 0. The number of halogens is 1. The van der Waals surface area contributed by atoms with Gasteiger partial charge in [-0.1, -0.05) is 0 Å². The molecule has 0 saturated heterocycles. The van der Waals surface area contributed by atoms with E-state index in [0.29, 0.717) is 0 Å². The van der Waals surface area contributed by atoms with Gasteiger partial charge in [0.25, 0.3) is 0 Å². The largest absolute Gasteiger partial charge is 1.00 e. The summed E-state index contributed by atoms with van der Waals surface area (Å²) >= 11 is 0. The van der Waals surface area contributed by atoms with Crippen molar-refractivity contribution in [1.29, 1.82) is 0 Å². The average molecular weight is 166 g/mol. The van der Waals surface area contributed by atoms with Crippen molar-refractivity contribution in [2.75, 3.05) is 0 Å². The van der Waals surface area contributed by atoms with Crippen LogP contribution < -0.4 is 18.9 Å². The molecule has 0 atom stereocenters. The van der Waals surface area contributed by atoms with Crippen molar-refractivity contribution in [2.45, 2.75) is 0 Å². The van der Waals surface area contributed by atoms with Gasteiger partial charge in [-0.15, -0.1) is 0 Å². The molecule has 1 radical (unpaired) electrons. The Morgan fingerprint density at radius 3 is 1.25 bits per heavy atom. The van der Waals surface area contributed by atoms with Gasteiger partial charge in [-0.2, -0.15) is 0 Å². The summed E-state index contributed by atoms with van der Waals surface area (Å²) in [5.74, 6) is 0. The molecule has 0 aromatic rings. The van der Waals surface area contributed by atoms with E-state index in [1.54, 1.807) is 0 Å². The molecule has 0 saturated carbocycles. The van der Waals surface area contributed by atoms with Crippen molar-refractivity contribution in [2.24, 2.45) is 0 Å². The van der Waals surface area contributed by atoms with Crippen LogP contribution in [-0.2, 0) is 22.4 Å². The van der Waals surface area contributed by atoms with Crippen molar-refractivity contribution in [3.63, 3.8) is 0 Å². The first-order valence-electron chi connectivity index (χ1n) is 0. The van der Waals surface area contributed by atoms with Gasteiger partial charge in [0.15, 0.2) is 17.4 Å². The second kappa shape index (κ2) is 21.4. The van der Waals surface area contributed by atoms with Gasteiger partial charge in [0, 0.05) is 22.4 Å². The molecule has 0 nitrogen and oxygen atoms in total. The molecular weight excluding hydrogens is 161 g/mol. The molecule has 0 aliphatic carbocycles. The summed E-state index contributed by atoms with van der Waals surface area (Å²) < 4.78 is 0. The van der Waals surface area contributed by atoms with Crippen molar-refractivity contribution < 1.29 is 47.4 Å². The maximum Gasteiger partial charge on any atom is 1.00 e. The third-order valence-corrected chi connectivity index (χ3v) is 0. The SMILES string of the molecule is F.[Ag].[AlH3].[H-].[Li+]. The monoisotopic (exact) mass is 165 g/mol. The van der Waals surface area contributed by atoms with Crippen molar-refractivity contribution in [3.8, 4) is 0 Å². The van der Waals surface area contributed by atoms with Crippen LogP contribution in [0, 0.1) is 0 Å². The summed E-state index contributed by atoms with van der Waals surface area (Å²) in [5.41, 5.74) is 0. The minimum absolute atomic E-state index is 0. The van der Waals surface area contributed by atoms with Crippen LogP contribution in [0.4, 0.5) is 4.70 Å². The van der Waals surface area contributed by atoms with Crippen LogP contribution >= 0.6 is 0 Å². The normalized spacial score (nSPS) is 0. The van der Waals surface area contributed by atoms with Crippen LogP contribution in [-0.4, -0.2) is 17.4 Å². The molecule has 0 spiro atoms. The molecule has 4 heavy (non-hydrogen) atoms. The molecular formula is H5AgAlFLi. The van der Waals surface area contributed by atoms with Crippen LogP contribution in [0.3, 0.4) is 0 Å². The fourth-order valence-corrected chi connectivity index (χ4v) is 0. The van der Waals surface area contributed by atoms with E-state index in [9.17, 15) is 0 Å². The summed E-state index contributed by atoms with van der Waals surface area (Å²) in [5, 5.41) is 0. The van der Waals surface area contributed by atoms with Crippen molar-refractivity contribution in [1.82, 2.24) is 0 Å². The average Bonchev–Trinajstić information content (AvgIpc) is 0. The Kier molecular flexibility index (Phi) is 221. The maximum atomic E-state index is 0. The molecule has 0 N–H and O–H groups in total. The number of hydrogen-bond acceptors (Lipinski definition) is 0. The first-order chi connectivity index (χ1) is 0. The molecule has 0 fully saturated rings. The molecule has 0 amide bonds. The minimum Gasteiger partial charge on any atom is -1.00 e. The third kappa shape index (κ3) is 9.19. The van der Waals surface area contributed by atoms with E-state index in [2.05, 4.69) is 0 Å². The van der Waals surface area contributed by atoms with Gasteiger partial charge in [-0.05, 0) is 0 Å². The summed E-state index contributed by atoms with van der Waals surface area (Å²) in [4.78, 5) is 0. The van der Waals surface area contributed by atoms with Gasteiger partial charge in [-0.25, -0.2) is 0 Å². The van der Waals surface area contributed by atoms with Gasteiger partial charge in [0.05, 0.1) is 0 Å². The van der Waals surface area contributed by atoms with E-state index in [4.69, 9.17) is 0 Å². The minimum atomic E-state index is 0. The van der Waals surface area contributed by atoms with Crippen LogP contribution in [0.1, 0.15) is 1.43 Å². The van der Waals surface area contributed by atoms with E-state index in [-0.39, 0.29) is 64.7 Å². The zero-order valence-electron chi connectivity index (χ0n) is 2.71. The number of hydrogen-bond donors (Lipinski definition) is 0. The quantitative estimate of drug-likeness (QED) is 0.322. The molecule has 0 aromatic heterocycles. The molecule has 0 aromatic carbocycles.